The number of rotatable bonds is 8. The second-order valence-corrected chi connectivity index (χ2v) is 9.17. The van der Waals surface area contributed by atoms with Crippen molar-refractivity contribution in [2.24, 2.45) is 0 Å². The van der Waals surface area contributed by atoms with E-state index < -0.39 is 17.1 Å². The zero-order valence-electron chi connectivity index (χ0n) is 15.7. The first kappa shape index (κ1) is 21.8. The fourth-order valence-corrected chi connectivity index (χ4v) is 4.71. The van der Waals surface area contributed by atoms with E-state index in [4.69, 9.17) is 5.11 Å². The minimum Gasteiger partial charge on any atom is -0.478 e. The Morgan fingerprint density at radius 1 is 1.13 bits per heavy atom. The fourth-order valence-electron chi connectivity index (χ4n) is 2.31. The molecular weight excluding hydrogens is 442 g/mol. The number of carbonyl (C=O) groups is 3. The van der Waals surface area contributed by atoms with Crippen LogP contribution < -0.4 is 10.6 Å². The van der Waals surface area contributed by atoms with Crippen molar-refractivity contribution in [1.82, 2.24) is 4.98 Å². The van der Waals surface area contributed by atoms with Crippen LogP contribution in [0.5, 0.6) is 0 Å². The Kier molecular flexibility index (Phi) is 7.39. The molecule has 30 heavy (non-hydrogen) atoms. The van der Waals surface area contributed by atoms with E-state index in [1.54, 1.807) is 36.5 Å². The SMILES string of the molecule is CC(Sc1cccc(NC(=O)/C=C/C(=O)O)c1)C(=O)Nc1nc(-c2cccs2)cs1. The number of hydrogen-bond donors (Lipinski definition) is 3. The summed E-state index contributed by atoms with van der Waals surface area (Å²) in [5.74, 6) is -1.92. The fraction of sp³-hybridized carbons (Fsp3) is 0.100. The summed E-state index contributed by atoms with van der Waals surface area (Å²) in [4.78, 5) is 41.0. The van der Waals surface area contributed by atoms with Crippen LogP contribution in [0.15, 0.2) is 64.2 Å². The molecule has 2 amide bonds. The maximum Gasteiger partial charge on any atom is 0.328 e. The van der Waals surface area contributed by atoms with E-state index in [1.807, 2.05) is 29.0 Å². The van der Waals surface area contributed by atoms with Crippen LogP contribution in [-0.4, -0.2) is 33.1 Å². The van der Waals surface area contributed by atoms with Gasteiger partial charge in [0.25, 0.3) is 0 Å². The number of carboxylic acids is 1. The molecule has 3 N–H and O–H groups in total. The Labute approximate surface area is 184 Å². The Morgan fingerprint density at radius 2 is 1.97 bits per heavy atom. The molecule has 1 atom stereocenters. The van der Waals surface area contributed by atoms with E-state index >= 15 is 0 Å². The normalized spacial score (nSPS) is 11.9. The topological polar surface area (TPSA) is 108 Å². The van der Waals surface area contributed by atoms with Gasteiger partial charge in [0.1, 0.15) is 0 Å². The van der Waals surface area contributed by atoms with Gasteiger partial charge in [0.15, 0.2) is 5.13 Å². The van der Waals surface area contributed by atoms with Crippen LogP contribution in [0.25, 0.3) is 10.6 Å². The maximum absolute atomic E-state index is 12.5. The first-order valence-electron chi connectivity index (χ1n) is 8.69. The molecule has 7 nitrogen and oxygen atoms in total. The Balaban J connectivity index is 1.57. The molecule has 0 saturated heterocycles. The molecule has 3 rings (SSSR count). The number of aliphatic carboxylic acids is 1. The summed E-state index contributed by atoms with van der Waals surface area (Å²) in [7, 11) is 0. The first-order chi connectivity index (χ1) is 14.4. The molecule has 0 aliphatic rings. The van der Waals surface area contributed by atoms with E-state index in [2.05, 4.69) is 15.6 Å². The number of anilines is 2. The maximum atomic E-state index is 12.5. The van der Waals surface area contributed by atoms with Crippen LogP contribution in [-0.2, 0) is 14.4 Å². The smallest absolute Gasteiger partial charge is 0.328 e. The summed E-state index contributed by atoms with van der Waals surface area (Å²) in [6.45, 7) is 1.79. The van der Waals surface area contributed by atoms with Crippen LogP contribution in [0.1, 0.15) is 6.92 Å². The zero-order chi connectivity index (χ0) is 21.5. The lowest BCUT2D eigenvalue weighted by atomic mass is 10.3. The van der Waals surface area contributed by atoms with Crippen LogP contribution in [0, 0.1) is 0 Å². The monoisotopic (exact) mass is 459 g/mol. The third-order valence-electron chi connectivity index (χ3n) is 3.67. The predicted molar refractivity (Wildman–Crippen MR) is 121 cm³/mol. The lowest BCUT2D eigenvalue weighted by molar-refractivity contribution is -0.131. The minimum absolute atomic E-state index is 0.175. The highest BCUT2D eigenvalue weighted by Gasteiger charge is 2.17. The summed E-state index contributed by atoms with van der Waals surface area (Å²) in [6, 6.07) is 10.9. The first-order valence-corrected chi connectivity index (χ1v) is 11.3. The lowest BCUT2D eigenvalue weighted by Gasteiger charge is -2.11. The van der Waals surface area contributed by atoms with Crippen LogP contribution >= 0.6 is 34.4 Å². The van der Waals surface area contributed by atoms with Gasteiger partial charge in [0.05, 0.1) is 15.8 Å². The average Bonchev–Trinajstić information content (AvgIpc) is 3.38. The van der Waals surface area contributed by atoms with Gasteiger partial charge in [-0.3, -0.25) is 9.59 Å². The highest BCUT2D eigenvalue weighted by Crippen LogP contribution is 2.30. The largest absolute Gasteiger partial charge is 0.478 e. The summed E-state index contributed by atoms with van der Waals surface area (Å²) in [5, 5.41) is 18.0. The number of thioether (sulfide) groups is 1. The Bertz CT molecular complexity index is 1080. The molecule has 0 saturated carbocycles. The van der Waals surface area contributed by atoms with Gasteiger partial charge in [-0.15, -0.1) is 34.4 Å². The highest BCUT2D eigenvalue weighted by molar-refractivity contribution is 8.00. The van der Waals surface area contributed by atoms with E-state index in [9.17, 15) is 14.4 Å². The standard InChI is InChI=1S/C20H17N3O4S3/c1-12(19(27)23-20-22-15(11-29-20)16-6-3-9-28-16)30-14-5-2-4-13(10-14)21-17(24)7-8-18(25)26/h2-12H,1H3,(H,21,24)(H,25,26)(H,22,23,27)/b8-7+. The van der Waals surface area contributed by atoms with Gasteiger partial charge >= 0.3 is 5.97 Å². The molecule has 1 unspecified atom stereocenters. The van der Waals surface area contributed by atoms with E-state index in [1.165, 1.54) is 23.1 Å². The summed E-state index contributed by atoms with van der Waals surface area (Å²) < 4.78 is 0. The van der Waals surface area contributed by atoms with Crippen molar-refractivity contribution < 1.29 is 19.5 Å². The molecule has 0 fully saturated rings. The predicted octanol–water partition coefficient (Wildman–Crippen LogP) is 4.57. The zero-order valence-corrected chi connectivity index (χ0v) is 18.1. The summed E-state index contributed by atoms with van der Waals surface area (Å²) >= 11 is 4.30. The molecule has 2 heterocycles. The molecule has 154 valence electrons. The number of thiophene rings is 1. The average molecular weight is 460 g/mol. The Hall–Kier alpha value is -2.95. The quantitative estimate of drug-likeness (QED) is 0.336. The van der Waals surface area contributed by atoms with Gasteiger partial charge in [0, 0.05) is 28.1 Å². The summed E-state index contributed by atoms with van der Waals surface area (Å²) in [6.07, 6.45) is 1.71. The van der Waals surface area contributed by atoms with E-state index in [0.717, 1.165) is 27.6 Å². The molecule has 10 heteroatoms. The second-order valence-electron chi connectivity index (χ2n) is 5.95. The highest BCUT2D eigenvalue weighted by atomic mass is 32.2. The van der Waals surface area contributed by atoms with Crippen molar-refractivity contribution in [2.45, 2.75) is 17.1 Å². The summed E-state index contributed by atoms with van der Waals surface area (Å²) in [5.41, 5.74) is 1.35. The minimum atomic E-state index is -1.20. The van der Waals surface area contributed by atoms with Crippen molar-refractivity contribution in [3.63, 3.8) is 0 Å². The molecule has 0 aliphatic carbocycles. The van der Waals surface area contributed by atoms with Gasteiger partial charge in [-0.25, -0.2) is 9.78 Å². The van der Waals surface area contributed by atoms with Crippen LogP contribution in [0.4, 0.5) is 10.8 Å². The number of thiazole rings is 1. The molecule has 0 spiro atoms. The van der Waals surface area contributed by atoms with Gasteiger partial charge in [-0.2, -0.15) is 0 Å². The molecule has 1 aromatic carbocycles. The van der Waals surface area contributed by atoms with Gasteiger partial charge in [0.2, 0.25) is 11.8 Å². The van der Waals surface area contributed by atoms with Gasteiger partial charge < -0.3 is 15.7 Å². The van der Waals surface area contributed by atoms with E-state index in [0.29, 0.717) is 10.8 Å². The number of aromatic nitrogens is 1. The number of carboxylic acid groups (broad SMARTS) is 1. The van der Waals surface area contributed by atoms with Gasteiger partial charge in [-0.05, 0) is 36.6 Å². The third kappa shape index (κ3) is 6.28. The third-order valence-corrected chi connectivity index (χ3v) is 6.41. The molecule has 3 aromatic rings. The molecular formula is C20H17N3O4S3. The molecule has 0 aliphatic heterocycles. The number of benzene rings is 1. The lowest BCUT2D eigenvalue weighted by Crippen LogP contribution is -2.22. The number of nitrogens with one attached hydrogen (secondary N) is 2. The second kappa shape index (κ2) is 10.2. The van der Waals surface area contributed by atoms with Crippen molar-refractivity contribution in [1.29, 1.82) is 0 Å². The Morgan fingerprint density at radius 3 is 2.70 bits per heavy atom. The van der Waals surface area contributed by atoms with Crippen molar-refractivity contribution in [2.75, 3.05) is 10.6 Å². The van der Waals surface area contributed by atoms with Crippen molar-refractivity contribution in [3.05, 3.63) is 59.3 Å². The number of amides is 2. The van der Waals surface area contributed by atoms with E-state index in [-0.39, 0.29) is 5.91 Å². The molecule has 2 aromatic heterocycles. The molecule has 0 radical (unpaired) electrons. The van der Waals surface area contributed by atoms with Crippen LogP contribution in [0.3, 0.4) is 0 Å². The number of hydrogen-bond acceptors (Lipinski definition) is 7. The molecule has 0 bridgehead atoms. The van der Waals surface area contributed by atoms with Crippen molar-refractivity contribution in [3.8, 4) is 10.6 Å². The number of nitrogens with zero attached hydrogens (tertiary/aromatic N) is 1. The van der Waals surface area contributed by atoms with Crippen LogP contribution in [0.2, 0.25) is 0 Å². The van der Waals surface area contributed by atoms with Gasteiger partial charge in [-0.1, -0.05) is 12.1 Å². The van der Waals surface area contributed by atoms with Crippen molar-refractivity contribution >= 4 is 63.0 Å². The number of carbonyl (C=O) groups excluding carboxylic acids is 2.